The van der Waals surface area contributed by atoms with Crippen molar-refractivity contribution in [2.75, 3.05) is 26.7 Å². The Bertz CT molecular complexity index is 319. The summed E-state index contributed by atoms with van der Waals surface area (Å²) in [7, 11) is 1.96. The number of hydrogen-bond acceptors (Lipinski definition) is 5. The van der Waals surface area contributed by atoms with Crippen molar-refractivity contribution in [3.05, 3.63) is 0 Å². The van der Waals surface area contributed by atoms with Gasteiger partial charge >= 0.3 is 0 Å². The third-order valence-electron chi connectivity index (χ3n) is 2.95. The zero-order chi connectivity index (χ0) is 19.5. The lowest BCUT2D eigenvalue weighted by atomic mass is 10.0. The summed E-state index contributed by atoms with van der Waals surface area (Å²) in [5, 5.41) is 8.81. The van der Waals surface area contributed by atoms with Gasteiger partial charge in [0.15, 0.2) is 5.78 Å². The summed E-state index contributed by atoms with van der Waals surface area (Å²) in [6.07, 6.45) is 1.48. The number of rotatable bonds is 9. The fourth-order valence-electron chi connectivity index (χ4n) is 1.59. The molecule has 0 aromatic carbocycles. The molecule has 24 heavy (non-hydrogen) atoms. The fourth-order valence-corrected chi connectivity index (χ4v) is 1.59. The van der Waals surface area contributed by atoms with E-state index < -0.39 is 0 Å². The van der Waals surface area contributed by atoms with Crippen molar-refractivity contribution in [2.45, 2.75) is 54.0 Å². The average molecular weight is 347 g/mol. The summed E-state index contributed by atoms with van der Waals surface area (Å²) in [4.78, 5) is 31.7. The lowest BCUT2D eigenvalue weighted by molar-refractivity contribution is -0.128. The summed E-state index contributed by atoms with van der Waals surface area (Å²) >= 11 is 0. The molecule has 0 aliphatic heterocycles. The third-order valence-corrected chi connectivity index (χ3v) is 2.95. The average Bonchev–Trinajstić information content (AvgIpc) is 2.51. The first-order valence-electron chi connectivity index (χ1n) is 8.56. The molecule has 2 amide bonds. The normalized spacial score (nSPS) is 10.9. The van der Waals surface area contributed by atoms with Crippen molar-refractivity contribution in [1.82, 2.24) is 16.0 Å². The number of hydrogen-bond donors (Lipinski definition) is 4. The van der Waals surface area contributed by atoms with E-state index in [0.29, 0.717) is 0 Å². The van der Waals surface area contributed by atoms with Crippen molar-refractivity contribution in [2.24, 2.45) is 17.6 Å². The molecule has 0 saturated carbocycles. The number of amides is 2. The highest BCUT2D eigenvalue weighted by Crippen LogP contribution is 2.01. The maximum absolute atomic E-state index is 11.8. The van der Waals surface area contributed by atoms with Crippen LogP contribution in [-0.4, -0.2) is 50.8 Å². The molecular weight excluding hydrogens is 308 g/mol. The van der Waals surface area contributed by atoms with E-state index in [1.807, 2.05) is 41.7 Å². The van der Waals surface area contributed by atoms with Crippen LogP contribution in [0.4, 0.5) is 0 Å². The van der Waals surface area contributed by atoms with Gasteiger partial charge < -0.3 is 21.7 Å². The second-order valence-corrected chi connectivity index (χ2v) is 5.86. The van der Waals surface area contributed by atoms with Gasteiger partial charge in [-0.1, -0.05) is 41.5 Å². The Labute approximate surface area is 147 Å². The standard InChI is InChI=1S/C12H24N2O2.C4H11N.CH3NO/c1-6-13-11(9(4)5)12(16)14-7-10(15)8(2)3;1-3-4-5-2;2-1-3/h8-9,11,13H,6-7H2,1-5H3,(H,14,16);5H,3-4H2,1-2H3;1H,(H2,2,3). The zero-order valence-corrected chi connectivity index (χ0v) is 16.4. The Kier molecular flexibility index (Phi) is 22.3. The van der Waals surface area contributed by atoms with E-state index in [9.17, 15) is 9.59 Å². The molecule has 0 aromatic rings. The smallest absolute Gasteiger partial charge is 0.237 e. The molecule has 1 unspecified atom stereocenters. The molecule has 0 radical (unpaired) electrons. The molecule has 5 N–H and O–H groups in total. The quantitative estimate of drug-likeness (QED) is 0.459. The molecule has 0 bridgehead atoms. The second-order valence-electron chi connectivity index (χ2n) is 5.86. The van der Waals surface area contributed by atoms with Crippen LogP contribution in [0.25, 0.3) is 0 Å². The first kappa shape index (κ1) is 27.4. The summed E-state index contributed by atoms with van der Waals surface area (Å²) in [6.45, 7) is 13.8. The van der Waals surface area contributed by atoms with E-state index in [0.717, 1.165) is 13.1 Å². The van der Waals surface area contributed by atoms with Crippen LogP contribution in [0.3, 0.4) is 0 Å². The Balaban J connectivity index is -0.000000458. The minimum atomic E-state index is -0.218. The molecule has 0 rings (SSSR count). The van der Waals surface area contributed by atoms with E-state index in [1.165, 1.54) is 6.42 Å². The van der Waals surface area contributed by atoms with Gasteiger partial charge in [0, 0.05) is 5.92 Å². The Morgan fingerprint density at radius 1 is 1.12 bits per heavy atom. The van der Waals surface area contributed by atoms with Gasteiger partial charge in [0.05, 0.1) is 12.6 Å². The number of Topliss-reactive ketones (excluding diaryl/α,β-unsaturated/α-hetero) is 1. The molecule has 7 nitrogen and oxygen atoms in total. The number of likely N-dealkylation sites (N-methyl/N-ethyl adjacent to an activating group) is 1. The van der Waals surface area contributed by atoms with E-state index in [1.54, 1.807) is 0 Å². The number of ketones is 1. The number of nitrogens with one attached hydrogen (secondary N) is 3. The molecule has 0 heterocycles. The van der Waals surface area contributed by atoms with Gasteiger partial charge in [0.1, 0.15) is 0 Å². The van der Waals surface area contributed by atoms with Crippen LogP contribution < -0.4 is 21.7 Å². The van der Waals surface area contributed by atoms with E-state index in [4.69, 9.17) is 4.79 Å². The number of carbonyl (C=O) groups excluding carboxylic acids is 3. The minimum absolute atomic E-state index is 0.0306. The number of nitrogens with two attached hydrogens (primary N) is 1. The van der Waals surface area contributed by atoms with Crippen LogP contribution in [0.15, 0.2) is 0 Å². The molecule has 0 spiro atoms. The van der Waals surface area contributed by atoms with Crippen LogP contribution in [0, 0.1) is 11.8 Å². The minimum Gasteiger partial charge on any atom is -0.372 e. The topological polar surface area (TPSA) is 113 Å². The molecule has 0 aliphatic carbocycles. The lowest BCUT2D eigenvalue weighted by Gasteiger charge is -2.20. The van der Waals surface area contributed by atoms with E-state index in [2.05, 4.69) is 28.6 Å². The van der Waals surface area contributed by atoms with Gasteiger partial charge in [-0.05, 0) is 32.5 Å². The molecule has 7 heteroatoms. The first-order valence-corrected chi connectivity index (χ1v) is 8.56. The fraction of sp³-hybridized carbons (Fsp3) is 0.824. The predicted octanol–water partition coefficient (Wildman–Crippen LogP) is 0.679. The molecule has 0 fully saturated rings. The van der Waals surface area contributed by atoms with E-state index in [-0.39, 0.29) is 42.5 Å². The van der Waals surface area contributed by atoms with E-state index >= 15 is 0 Å². The molecule has 0 saturated heterocycles. The summed E-state index contributed by atoms with van der Waals surface area (Å²) < 4.78 is 0. The van der Waals surface area contributed by atoms with Crippen molar-refractivity contribution < 1.29 is 14.4 Å². The second kappa shape index (κ2) is 19.6. The SMILES string of the molecule is CCCNC.CCNC(C(=O)NCC(=O)C(C)C)C(C)C.NC=O. The van der Waals surface area contributed by atoms with Gasteiger partial charge in [-0.15, -0.1) is 0 Å². The van der Waals surface area contributed by atoms with Gasteiger partial charge in [0.25, 0.3) is 0 Å². The van der Waals surface area contributed by atoms with Crippen molar-refractivity contribution in [3.8, 4) is 0 Å². The number of primary amides is 1. The lowest BCUT2D eigenvalue weighted by Crippen LogP contribution is -2.48. The van der Waals surface area contributed by atoms with Gasteiger partial charge in [0.2, 0.25) is 12.3 Å². The highest BCUT2D eigenvalue weighted by molar-refractivity contribution is 5.89. The van der Waals surface area contributed by atoms with Gasteiger partial charge in [-0.2, -0.15) is 0 Å². The predicted molar refractivity (Wildman–Crippen MR) is 99.6 cm³/mol. The molecule has 144 valence electrons. The maximum Gasteiger partial charge on any atom is 0.237 e. The molecule has 0 aliphatic rings. The van der Waals surface area contributed by atoms with Crippen LogP contribution in [0.5, 0.6) is 0 Å². The van der Waals surface area contributed by atoms with Crippen molar-refractivity contribution in [3.63, 3.8) is 0 Å². The van der Waals surface area contributed by atoms with Crippen LogP contribution in [-0.2, 0) is 14.4 Å². The van der Waals surface area contributed by atoms with Crippen molar-refractivity contribution >= 4 is 18.1 Å². The first-order chi connectivity index (χ1) is 11.2. The molecule has 0 aromatic heterocycles. The Morgan fingerprint density at radius 2 is 1.62 bits per heavy atom. The monoisotopic (exact) mass is 346 g/mol. The largest absolute Gasteiger partial charge is 0.372 e. The summed E-state index contributed by atoms with van der Waals surface area (Å²) in [6, 6.07) is -0.218. The summed E-state index contributed by atoms with van der Waals surface area (Å²) in [5.41, 5.74) is 4.17. The molecule has 1 atom stereocenters. The summed E-state index contributed by atoms with van der Waals surface area (Å²) in [5.74, 6) is 0.157. The van der Waals surface area contributed by atoms with Gasteiger partial charge in [-0.25, -0.2) is 0 Å². The highest BCUT2D eigenvalue weighted by Gasteiger charge is 2.21. The molecular formula is C17H38N4O3. The van der Waals surface area contributed by atoms with Crippen LogP contribution in [0.1, 0.15) is 48.0 Å². The maximum atomic E-state index is 11.8. The Hall–Kier alpha value is -1.47. The zero-order valence-electron chi connectivity index (χ0n) is 16.4. The van der Waals surface area contributed by atoms with Gasteiger partial charge in [-0.3, -0.25) is 14.4 Å². The van der Waals surface area contributed by atoms with Crippen LogP contribution in [0.2, 0.25) is 0 Å². The number of carbonyl (C=O) groups is 3. The van der Waals surface area contributed by atoms with Crippen molar-refractivity contribution in [1.29, 1.82) is 0 Å². The Morgan fingerprint density at radius 3 is 1.88 bits per heavy atom. The van der Waals surface area contributed by atoms with Crippen LogP contribution >= 0.6 is 0 Å². The highest BCUT2D eigenvalue weighted by atomic mass is 16.2. The third kappa shape index (κ3) is 18.6.